The molecule has 0 bridgehead atoms. The lowest BCUT2D eigenvalue weighted by atomic mass is 10.0. The van der Waals surface area contributed by atoms with Crippen molar-refractivity contribution >= 4 is 26.8 Å². The van der Waals surface area contributed by atoms with Gasteiger partial charge in [-0.15, -0.1) is 0 Å². The first-order valence-electron chi connectivity index (χ1n) is 7.61. The van der Waals surface area contributed by atoms with Crippen molar-refractivity contribution in [2.24, 2.45) is 0 Å². The number of aromatic nitrogens is 2. The quantitative estimate of drug-likeness (QED) is 0.839. The molecule has 0 N–H and O–H groups in total. The summed E-state index contributed by atoms with van der Waals surface area (Å²) in [5.74, 6) is 0. The Morgan fingerprint density at radius 1 is 1.25 bits per heavy atom. The van der Waals surface area contributed by atoms with Gasteiger partial charge in [0.05, 0.1) is 5.52 Å². The van der Waals surface area contributed by atoms with Gasteiger partial charge in [0.25, 0.3) is 0 Å². The number of halogens is 1. The average Bonchev–Trinajstić information content (AvgIpc) is 2.78. The molecule has 0 amide bonds. The predicted molar refractivity (Wildman–Crippen MR) is 86.9 cm³/mol. The van der Waals surface area contributed by atoms with Gasteiger partial charge in [0.2, 0.25) is 0 Å². The maximum atomic E-state index is 4.61. The van der Waals surface area contributed by atoms with Gasteiger partial charge in [-0.25, -0.2) is 0 Å². The highest BCUT2D eigenvalue weighted by molar-refractivity contribution is 9.10. The van der Waals surface area contributed by atoms with Gasteiger partial charge in [0.1, 0.15) is 4.60 Å². The van der Waals surface area contributed by atoms with Crippen LogP contribution in [0.5, 0.6) is 0 Å². The van der Waals surface area contributed by atoms with Gasteiger partial charge in [-0.05, 0) is 54.7 Å². The molecule has 0 aliphatic carbocycles. The van der Waals surface area contributed by atoms with Crippen molar-refractivity contribution < 1.29 is 0 Å². The van der Waals surface area contributed by atoms with E-state index in [1.165, 1.54) is 49.7 Å². The zero-order chi connectivity index (χ0) is 13.9. The summed E-state index contributed by atoms with van der Waals surface area (Å²) in [6.07, 6.45) is 5.29. The molecule has 0 saturated carbocycles. The maximum absolute atomic E-state index is 4.61. The summed E-state index contributed by atoms with van der Waals surface area (Å²) in [6.45, 7) is 5.81. The fourth-order valence-electron chi connectivity index (χ4n) is 3.17. The number of rotatable bonds is 4. The van der Waals surface area contributed by atoms with Crippen molar-refractivity contribution in [3.05, 3.63) is 28.9 Å². The van der Waals surface area contributed by atoms with Crippen molar-refractivity contribution in [2.45, 2.75) is 45.2 Å². The zero-order valence-corrected chi connectivity index (χ0v) is 13.6. The summed E-state index contributed by atoms with van der Waals surface area (Å²) in [7, 11) is 0. The van der Waals surface area contributed by atoms with Crippen LogP contribution in [0, 0.1) is 0 Å². The summed E-state index contributed by atoms with van der Waals surface area (Å²) in [6, 6.07) is 9.17. The molecule has 108 valence electrons. The molecular weight excluding hydrogens is 314 g/mol. The van der Waals surface area contributed by atoms with Gasteiger partial charge in [0.15, 0.2) is 0 Å². The molecule has 0 radical (unpaired) electrons. The third-order valence-corrected chi connectivity index (χ3v) is 4.95. The Bertz CT molecular complexity index is 578. The van der Waals surface area contributed by atoms with Crippen molar-refractivity contribution in [2.75, 3.05) is 13.1 Å². The fraction of sp³-hybridized carbons (Fsp3) is 0.562. The fourth-order valence-corrected chi connectivity index (χ4v) is 3.70. The molecule has 2 heterocycles. The first-order chi connectivity index (χ1) is 9.75. The van der Waals surface area contributed by atoms with Crippen molar-refractivity contribution in [3.63, 3.8) is 0 Å². The lowest BCUT2D eigenvalue weighted by molar-refractivity contribution is 0.156. The lowest BCUT2D eigenvalue weighted by Crippen LogP contribution is -2.38. The number of nitrogens with zero attached hydrogens (tertiary/aromatic N) is 3. The molecule has 1 aliphatic rings. The number of fused-ring (bicyclic) bond motifs is 1. The van der Waals surface area contributed by atoms with E-state index in [4.69, 9.17) is 0 Å². The number of hydrogen-bond donors (Lipinski definition) is 0. The normalized spacial score (nSPS) is 20.6. The van der Waals surface area contributed by atoms with Crippen molar-refractivity contribution in [1.82, 2.24) is 14.7 Å². The number of aryl methyl sites for hydroxylation is 1. The van der Waals surface area contributed by atoms with Crippen LogP contribution in [0.1, 0.15) is 32.6 Å². The van der Waals surface area contributed by atoms with E-state index in [2.05, 4.69) is 61.8 Å². The van der Waals surface area contributed by atoms with E-state index in [0.29, 0.717) is 0 Å². The lowest BCUT2D eigenvalue weighted by Gasteiger charge is -2.33. The minimum atomic E-state index is 0.754. The van der Waals surface area contributed by atoms with Crippen LogP contribution in [0.25, 0.3) is 10.9 Å². The van der Waals surface area contributed by atoms with Crippen LogP contribution in [0.2, 0.25) is 0 Å². The Morgan fingerprint density at radius 3 is 2.95 bits per heavy atom. The number of likely N-dealkylation sites (tertiary alicyclic amines) is 1. The van der Waals surface area contributed by atoms with Crippen molar-refractivity contribution in [3.8, 4) is 0 Å². The average molecular weight is 336 g/mol. The Balaban J connectivity index is 1.62. The molecule has 0 spiro atoms. The summed E-state index contributed by atoms with van der Waals surface area (Å²) in [5, 5.41) is 5.81. The van der Waals surface area contributed by atoms with Crippen molar-refractivity contribution in [1.29, 1.82) is 0 Å². The van der Waals surface area contributed by atoms with Gasteiger partial charge in [-0.1, -0.05) is 24.6 Å². The van der Waals surface area contributed by atoms with Crippen LogP contribution >= 0.6 is 15.9 Å². The van der Waals surface area contributed by atoms with Crippen LogP contribution in [-0.4, -0.2) is 33.8 Å². The van der Waals surface area contributed by atoms with Gasteiger partial charge in [-0.3, -0.25) is 4.68 Å². The topological polar surface area (TPSA) is 21.1 Å². The largest absolute Gasteiger partial charge is 0.301 e. The minimum Gasteiger partial charge on any atom is -0.301 e. The Hall–Kier alpha value is -0.870. The Morgan fingerprint density at radius 2 is 2.10 bits per heavy atom. The number of piperidine rings is 1. The standard InChI is InChI=1S/C16H22BrN3/c1-13-7-4-5-10-19(13)11-6-12-20-15-9-3-2-8-14(15)16(17)18-20/h2-3,8-9,13H,4-7,10-12H2,1H3. The number of hydrogen-bond acceptors (Lipinski definition) is 2. The van der Waals surface area contributed by atoms with Crippen LogP contribution < -0.4 is 0 Å². The molecule has 3 nitrogen and oxygen atoms in total. The summed E-state index contributed by atoms with van der Waals surface area (Å²) >= 11 is 3.55. The first kappa shape index (κ1) is 14.1. The SMILES string of the molecule is CC1CCCCN1CCCn1nc(Br)c2ccccc21. The van der Waals surface area contributed by atoms with Gasteiger partial charge in [-0.2, -0.15) is 5.10 Å². The van der Waals surface area contributed by atoms with E-state index < -0.39 is 0 Å². The molecular formula is C16H22BrN3. The molecule has 2 aromatic rings. The first-order valence-corrected chi connectivity index (χ1v) is 8.40. The van der Waals surface area contributed by atoms with Gasteiger partial charge >= 0.3 is 0 Å². The highest BCUT2D eigenvalue weighted by atomic mass is 79.9. The summed E-state index contributed by atoms with van der Waals surface area (Å²) < 4.78 is 3.09. The molecule has 1 saturated heterocycles. The predicted octanol–water partition coefficient (Wildman–Crippen LogP) is 4.06. The molecule has 1 atom stereocenters. The molecule has 1 aromatic heterocycles. The molecule has 20 heavy (non-hydrogen) atoms. The second-order valence-corrected chi connectivity index (χ2v) is 6.52. The zero-order valence-electron chi connectivity index (χ0n) is 12.1. The van der Waals surface area contributed by atoms with E-state index >= 15 is 0 Å². The molecule has 1 fully saturated rings. The number of para-hydroxylation sites is 1. The third kappa shape index (κ3) is 2.91. The van der Waals surface area contributed by atoms with Crippen LogP contribution in [0.4, 0.5) is 0 Å². The highest BCUT2D eigenvalue weighted by Gasteiger charge is 2.17. The van der Waals surface area contributed by atoms with Crippen LogP contribution in [0.3, 0.4) is 0 Å². The smallest absolute Gasteiger partial charge is 0.135 e. The van der Waals surface area contributed by atoms with Crippen LogP contribution in [0.15, 0.2) is 28.9 Å². The van der Waals surface area contributed by atoms with Crippen LogP contribution in [-0.2, 0) is 6.54 Å². The van der Waals surface area contributed by atoms with E-state index in [9.17, 15) is 0 Å². The molecule has 1 aromatic carbocycles. The van der Waals surface area contributed by atoms with E-state index in [1.807, 2.05) is 0 Å². The third-order valence-electron chi connectivity index (χ3n) is 4.37. The molecule has 3 rings (SSSR count). The molecule has 1 unspecified atom stereocenters. The van der Waals surface area contributed by atoms with E-state index in [1.54, 1.807) is 0 Å². The minimum absolute atomic E-state index is 0.754. The van der Waals surface area contributed by atoms with Gasteiger partial charge < -0.3 is 4.90 Å². The van der Waals surface area contributed by atoms with Gasteiger partial charge in [0, 0.05) is 24.5 Å². The Labute approximate surface area is 129 Å². The second kappa shape index (κ2) is 6.27. The summed E-state index contributed by atoms with van der Waals surface area (Å²) in [5.41, 5.74) is 1.23. The highest BCUT2D eigenvalue weighted by Crippen LogP contribution is 2.23. The maximum Gasteiger partial charge on any atom is 0.135 e. The monoisotopic (exact) mass is 335 g/mol. The number of benzene rings is 1. The van der Waals surface area contributed by atoms with E-state index in [0.717, 1.165) is 17.2 Å². The summed E-state index contributed by atoms with van der Waals surface area (Å²) in [4.78, 5) is 2.63. The molecule has 4 heteroatoms. The molecule has 1 aliphatic heterocycles. The second-order valence-electron chi connectivity index (χ2n) is 5.77. The van der Waals surface area contributed by atoms with E-state index in [-0.39, 0.29) is 0 Å². The Kier molecular flexibility index (Phi) is 4.41.